The molecule has 2 aromatic rings. The van der Waals surface area contributed by atoms with Crippen molar-refractivity contribution < 1.29 is 34.1 Å². The molecule has 1 saturated carbocycles. The number of carbonyl (C=O) groups excluding carboxylic acids is 2. The second-order valence-electron chi connectivity index (χ2n) is 14.9. The summed E-state index contributed by atoms with van der Waals surface area (Å²) in [7, 11) is 2.26. The molecule has 6 atom stereocenters. The van der Waals surface area contributed by atoms with E-state index in [0.717, 1.165) is 64.3 Å². The van der Waals surface area contributed by atoms with Crippen molar-refractivity contribution in [3.8, 4) is 0 Å². The predicted octanol–water partition coefficient (Wildman–Crippen LogP) is -0.971. The highest BCUT2D eigenvalue weighted by molar-refractivity contribution is 7.15. The minimum Gasteiger partial charge on any atom is -0.392 e. The Kier molecular flexibility index (Phi) is 10.5. The van der Waals surface area contributed by atoms with Gasteiger partial charge < -0.3 is 29.9 Å². The van der Waals surface area contributed by atoms with Gasteiger partial charge >= 0.3 is 0 Å². The van der Waals surface area contributed by atoms with Crippen molar-refractivity contribution in [2.75, 3.05) is 77.9 Å². The first kappa shape index (κ1) is 33.5. The first-order chi connectivity index (χ1) is 22.1. The van der Waals surface area contributed by atoms with E-state index in [-0.39, 0.29) is 40.9 Å². The molecule has 6 rings (SSSR count). The summed E-state index contributed by atoms with van der Waals surface area (Å²) in [5.74, 6) is -0.399. The number of benzene rings is 1. The van der Waals surface area contributed by atoms with Crippen LogP contribution in [0.5, 0.6) is 0 Å². The number of aliphatic hydroxyl groups excluding tert-OH is 1. The van der Waals surface area contributed by atoms with Crippen molar-refractivity contribution in [2.24, 2.45) is 23.2 Å². The van der Waals surface area contributed by atoms with E-state index in [1.807, 2.05) is 19.1 Å². The van der Waals surface area contributed by atoms with Crippen LogP contribution in [0, 0.1) is 23.2 Å². The Morgan fingerprint density at radius 3 is 2.54 bits per heavy atom. The zero-order valence-electron chi connectivity index (χ0n) is 28.1. The molecule has 6 N–H and O–H groups in total. The molecule has 252 valence electrons. The van der Waals surface area contributed by atoms with Gasteiger partial charge in [-0.15, -0.1) is 11.3 Å². The van der Waals surface area contributed by atoms with Crippen LogP contribution in [0.4, 0.5) is 5.13 Å². The van der Waals surface area contributed by atoms with Gasteiger partial charge in [-0.3, -0.25) is 14.9 Å². The second kappa shape index (κ2) is 14.4. The summed E-state index contributed by atoms with van der Waals surface area (Å²) >= 11 is 1.57. The van der Waals surface area contributed by atoms with Crippen LogP contribution in [0.25, 0.3) is 0 Å². The number of hydrogen-bond donors (Lipinski definition) is 6. The standard InChI is InChI=1S/C35H52N6O4S/c1-23(32(43)36-11-12-40-17-19-45-20-18-40)27-9-10-35(3)21-28-30(24(2)29(35)31(27)42)37-34(46-28)38-33(44)26-7-5-25(6-8-26)22-41-15-13-39(4)14-16-41/h5-8,23-24,27,29,31,42H,9-22H2,1-4H3,(H,36,43)(H,37,38,44)/p+3/t23-,24-,27-,29+,31-,35+/m0/s1. The van der Waals surface area contributed by atoms with Crippen LogP contribution >= 0.6 is 11.3 Å². The number of ether oxygens (including phenoxy) is 1. The highest BCUT2D eigenvalue weighted by atomic mass is 32.1. The first-order valence-electron chi connectivity index (χ1n) is 17.5. The van der Waals surface area contributed by atoms with E-state index in [0.29, 0.717) is 17.2 Å². The highest BCUT2D eigenvalue weighted by Crippen LogP contribution is 2.57. The highest BCUT2D eigenvalue weighted by Gasteiger charge is 2.54. The maximum atomic E-state index is 13.2. The van der Waals surface area contributed by atoms with Gasteiger partial charge in [0, 0.05) is 27.8 Å². The Balaban J connectivity index is 1.06. The van der Waals surface area contributed by atoms with Gasteiger partial charge in [-0.05, 0) is 48.6 Å². The molecule has 1 aromatic heterocycles. The van der Waals surface area contributed by atoms with Crippen molar-refractivity contribution >= 4 is 28.3 Å². The normalized spacial score (nSPS) is 32.2. The molecule has 0 radical (unpaired) electrons. The third kappa shape index (κ3) is 7.34. The van der Waals surface area contributed by atoms with Crippen LogP contribution in [-0.4, -0.2) is 101 Å². The third-order valence-electron chi connectivity index (χ3n) is 11.7. The molecule has 2 aliphatic carbocycles. The molecule has 2 saturated heterocycles. The molecule has 4 aliphatic rings. The fourth-order valence-electron chi connectivity index (χ4n) is 8.67. The van der Waals surface area contributed by atoms with E-state index < -0.39 is 6.10 Å². The molecule has 46 heavy (non-hydrogen) atoms. The fourth-order valence-corrected chi connectivity index (χ4v) is 9.93. The van der Waals surface area contributed by atoms with E-state index in [1.54, 1.807) is 21.1 Å². The van der Waals surface area contributed by atoms with Crippen LogP contribution < -0.4 is 25.3 Å². The van der Waals surface area contributed by atoms with Crippen molar-refractivity contribution in [1.29, 1.82) is 0 Å². The molecule has 0 spiro atoms. The average molecular weight is 656 g/mol. The molecule has 3 fully saturated rings. The zero-order valence-corrected chi connectivity index (χ0v) is 28.9. The summed E-state index contributed by atoms with van der Waals surface area (Å²) in [6.07, 6.45) is 2.04. The van der Waals surface area contributed by atoms with Gasteiger partial charge in [0.2, 0.25) is 5.91 Å². The smallest absolute Gasteiger partial charge is 0.257 e. The van der Waals surface area contributed by atoms with E-state index in [2.05, 4.69) is 43.7 Å². The lowest BCUT2D eigenvalue weighted by Gasteiger charge is -2.53. The number of amides is 2. The zero-order chi connectivity index (χ0) is 32.4. The molecular formula is C35H55N6O4S+3. The number of nitrogens with zero attached hydrogens (tertiary/aromatic N) is 1. The monoisotopic (exact) mass is 655 g/mol. The number of piperazine rings is 1. The number of carbonyl (C=O) groups is 2. The number of rotatable bonds is 9. The number of hydrogen-bond acceptors (Lipinski definition) is 6. The van der Waals surface area contributed by atoms with E-state index in [9.17, 15) is 14.7 Å². The Morgan fingerprint density at radius 1 is 1.11 bits per heavy atom. The van der Waals surface area contributed by atoms with Crippen LogP contribution in [0.2, 0.25) is 0 Å². The van der Waals surface area contributed by atoms with Gasteiger partial charge in [0.25, 0.3) is 5.91 Å². The summed E-state index contributed by atoms with van der Waals surface area (Å²) in [5.41, 5.74) is 2.81. The largest absolute Gasteiger partial charge is 0.392 e. The average Bonchev–Trinajstić information content (AvgIpc) is 3.44. The SMILES string of the molecule is C[C@H](C(=O)NCC[NH+]1CCOCC1)[C@@H]1CC[C@]2(C)Cc3sc(NC(=O)c4ccc(C[NH+]5CC[NH+](C)CC5)cc4)nc3[C@@H](C)[C@@H]2[C@H]1O. The number of anilines is 1. The fraction of sp³-hybridized carbons (Fsp3) is 0.686. The third-order valence-corrected chi connectivity index (χ3v) is 12.6. The summed E-state index contributed by atoms with van der Waals surface area (Å²) in [6.45, 7) is 17.3. The molecular weight excluding hydrogens is 600 g/mol. The summed E-state index contributed by atoms with van der Waals surface area (Å²) in [6, 6.07) is 8.01. The molecule has 0 bridgehead atoms. The minimum absolute atomic E-state index is 0.00818. The number of fused-ring (bicyclic) bond motifs is 2. The number of thiazole rings is 1. The van der Waals surface area contributed by atoms with Gasteiger partial charge in [0.1, 0.15) is 45.8 Å². The number of quaternary nitrogens is 3. The number of morpholine rings is 1. The van der Waals surface area contributed by atoms with E-state index in [1.165, 1.54) is 41.5 Å². The lowest BCUT2D eigenvalue weighted by atomic mass is 9.53. The van der Waals surface area contributed by atoms with E-state index >= 15 is 0 Å². The second-order valence-corrected chi connectivity index (χ2v) is 16.0. The summed E-state index contributed by atoms with van der Waals surface area (Å²) in [5, 5.41) is 18.7. The lowest BCUT2D eigenvalue weighted by molar-refractivity contribution is -1.01. The van der Waals surface area contributed by atoms with Crippen molar-refractivity contribution in [3.05, 3.63) is 46.0 Å². The van der Waals surface area contributed by atoms with Crippen LogP contribution in [0.3, 0.4) is 0 Å². The Bertz CT molecular complexity index is 1360. The predicted molar refractivity (Wildman–Crippen MR) is 179 cm³/mol. The number of aliphatic hydroxyl groups is 1. The van der Waals surface area contributed by atoms with Gasteiger partial charge in [0.15, 0.2) is 5.13 Å². The minimum atomic E-state index is -0.584. The number of nitrogens with one attached hydrogen (secondary N) is 5. The lowest BCUT2D eigenvalue weighted by Crippen LogP contribution is -3.26. The van der Waals surface area contributed by atoms with Crippen LogP contribution in [0.1, 0.15) is 66.0 Å². The Labute approximate surface area is 277 Å². The summed E-state index contributed by atoms with van der Waals surface area (Å²) in [4.78, 5) is 37.2. The van der Waals surface area contributed by atoms with Crippen molar-refractivity contribution in [1.82, 2.24) is 10.3 Å². The number of aromatic nitrogens is 1. The quantitative estimate of drug-likeness (QED) is 0.208. The maximum absolute atomic E-state index is 13.2. The van der Waals surface area contributed by atoms with E-state index in [4.69, 9.17) is 9.72 Å². The Morgan fingerprint density at radius 2 is 1.83 bits per heavy atom. The molecule has 2 aliphatic heterocycles. The molecule has 2 amide bonds. The molecule has 11 heteroatoms. The van der Waals surface area contributed by atoms with Gasteiger partial charge in [0.05, 0.1) is 45.1 Å². The topological polar surface area (TPSA) is 114 Å². The van der Waals surface area contributed by atoms with Crippen molar-refractivity contribution in [2.45, 2.75) is 58.6 Å². The number of likely N-dealkylation sites (N-methyl/N-ethyl adjacent to an activating group) is 1. The first-order valence-corrected chi connectivity index (χ1v) is 18.3. The van der Waals surface area contributed by atoms with Crippen LogP contribution in [-0.2, 0) is 22.5 Å². The van der Waals surface area contributed by atoms with Gasteiger partial charge in [-0.25, -0.2) is 4.98 Å². The molecule has 10 nitrogen and oxygen atoms in total. The van der Waals surface area contributed by atoms with Gasteiger partial charge in [-0.1, -0.05) is 32.9 Å². The molecule has 1 aromatic carbocycles. The van der Waals surface area contributed by atoms with Crippen LogP contribution in [0.15, 0.2) is 24.3 Å². The molecule has 0 unspecified atom stereocenters. The van der Waals surface area contributed by atoms with Gasteiger partial charge in [-0.2, -0.15) is 0 Å². The maximum Gasteiger partial charge on any atom is 0.257 e. The molecule has 3 heterocycles. The summed E-state index contributed by atoms with van der Waals surface area (Å²) < 4.78 is 5.44. The Hall–Kier alpha value is -2.41. The van der Waals surface area contributed by atoms with Crippen molar-refractivity contribution in [3.63, 3.8) is 0 Å².